The van der Waals surface area contributed by atoms with E-state index in [1.165, 1.54) is 12.1 Å². The van der Waals surface area contributed by atoms with Gasteiger partial charge in [0.25, 0.3) is 5.69 Å². The Labute approximate surface area is 99.4 Å². The highest BCUT2D eigenvalue weighted by molar-refractivity contribution is 5.74. The number of hydrogen-bond donors (Lipinski definition) is 0. The van der Waals surface area contributed by atoms with Crippen molar-refractivity contribution >= 4 is 18.0 Å². The maximum atomic E-state index is 10.5. The van der Waals surface area contributed by atoms with Gasteiger partial charge in [-0.2, -0.15) is 0 Å². The van der Waals surface area contributed by atoms with Crippen LogP contribution >= 0.6 is 0 Å². The third-order valence-corrected chi connectivity index (χ3v) is 2.14. The van der Waals surface area contributed by atoms with E-state index in [4.69, 9.17) is 0 Å². The van der Waals surface area contributed by atoms with E-state index in [0.717, 1.165) is 17.4 Å². The molecule has 1 aromatic carbocycles. The van der Waals surface area contributed by atoms with Gasteiger partial charge >= 0.3 is 0 Å². The van der Waals surface area contributed by atoms with Gasteiger partial charge < -0.3 is 0 Å². The molecule has 0 heterocycles. The summed E-state index contributed by atoms with van der Waals surface area (Å²) in [4.78, 5) is 20.5. The van der Waals surface area contributed by atoms with Gasteiger partial charge in [0.05, 0.1) is 4.92 Å². The number of non-ortho nitro benzene ring substituents is 1. The molecule has 0 saturated carbocycles. The van der Waals surface area contributed by atoms with Gasteiger partial charge in [-0.15, -0.1) is 0 Å². The number of carbonyl (C=O) groups excluding carboxylic acids is 1. The maximum Gasteiger partial charge on any atom is 0.269 e. The van der Waals surface area contributed by atoms with E-state index in [1.807, 2.05) is 13.0 Å². The number of aldehydes is 1. The molecule has 0 bridgehead atoms. The van der Waals surface area contributed by atoms with Gasteiger partial charge in [-0.05, 0) is 37.1 Å². The van der Waals surface area contributed by atoms with Crippen LogP contribution in [0, 0.1) is 10.1 Å². The fourth-order valence-corrected chi connectivity index (χ4v) is 1.39. The van der Waals surface area contributed by atoms with Crippen molar-refractivity contribution in [1.29, 1.82) is 0 Å². The van der Waals surface area contributed by atoms with E-state index >= 15 is 0 Å². The molecule has 17 heavy (non-hydrogen) atoms. The van der Waals surface area contributed by atoms with Gasteiger partial charge in [-0.3, -0.25) is 14.9 Å². The molecule has 4 heteroatoms. The quantitative estimate of drug-likeness (QED) is 0.263. The van der Waals surface area contributed by atoms with Crippen molar-refractivity contribution < 1.29 is 9.72 Å². The summed E-state index contributed by atoms with van der Waals surface area (Å²) in [6.45, 7) is 3.59. The summed E-state index contributed by atoms with van der Waals surface area (Å²) in [5.74, 6) is 0. The van der Waals surface area contributed by atoms with Gasteiger partial charge in [0, 0.05) is 12.1 Å². The first kappa shape index (κ1) is 12.8. The molecule has 0 saturated heterocycles. The van der Waals surface area contributed by atoms with Crippen molar-refractivity contribution in [3.05, 3.63) is 57.2 Å². The predicted molar refractivity (Wildman–Crippen MR) is 66.6 cm³/mol. The molecule has 0 fully saturated rings. The van der Waals surface area contributed by atoms with Gasteiger partial charge in [0.15, 0.2) is 0 Å². The van der Waals surface area contributed by atoms with Crippen LogP contribution in [0.15, 0.2) is 41.5 Å². The Bertz CT molecular complexity index is 484. The molecule has 4 nitrogen and oxygen atoms in total. The number of nitro groups is 1. The Balaban J connectivity index is 2.91. The molecule has 88 valence electrons. The Kier molecular flexibility index (Phi) is 4.34. The molecule has 0 radical (unpaired) electrons. The zero-order valence-electron chi connectivity index (χ0n) is 9.71. The summed E-state index contributed by atoms with van der Waals surface area (Å²) >= 11 is 0. The van der Waals surface area contributed by atoms with E-state index in [2.05, 4.69) is 0 Å². The molecular formula is C13H13NO3. The van der Waals surface area contributed by atoms with Crippen molar-refractivity contribution in [1.82, 2.24) is 0 Å². The number of carbonyl (C=O) groups is 1. The monoisotopic (exact) mass is 231 g/mol. The summed E-state index contributed by atoms with van der Waals surface area (Å²) in [6.07, 6.45) is 4.40. The smallest absolute Gasteiger partial charge is 0.269 e. The number of rotatable bonds is 4. The minimum atomic E-state index is -0.434. The molecule has 0 atom stereocenters. The Morgan fingerprint density at radius 3 is 2.24 bits per heavy atom. The first-order valence-corrected chi connectivity index (χ1v) is 5.09. The minimum Gasteiger partial charge on any atom is -0.298 e. The van der Waals surface area contributed by atoms with Crippen LogP contribution < -0.4 is 0 Å². The van der Waals surface area contributed by atoms with E-state index < -0.39 is 4.92 Å². The summed E-state index contributed by atoms with van der Waals surface area (Å²) in [5.41, 5.74) is 2.49. The number of hydrogen-bond acceptors (Lipinski definition) is 3. The van der Waals surface area contributed by atoms with Crippen LogP contribution in [0.2, 0.25) is 0 Å². The highest BCUT2D eigenvalue weighted by Crippen LogP contribution is 2.14. The first-order valence-electron chi connectivity index (χ1n) is 5.09. The second kappa shape index (κ2) is 5.75. The third kappa shape index (κ3) is 4.03. The van der Waals surface area contributed by atoms with Crippen LogP contribution in [0.25, 0.3) is 6.08 Å². The second-order valence-corrected chi connectivity index (χ2v) is 3.74. The number of allylic oxidation sites excluding steroid dienone is 3. The number of benzene rings is 1. The average molecular weight is 231 g/mol. The van der Waals surface area contributed by atoms with Crippen molar-refractivity contribution in [2.45, 2.75) is 13.8 Å². The maximum absolute atomic E-state index is 10.5. The highest BCUT2D eigenvalue weighted by Gasteiger charge is 2.02. The molecule has 0 aliphatic carbocycles. The Morgan fingerprint density at radius 2 is 1.76 bits per heavy atom. The van der Waals surface area contributed by atoms with Crippen LogP contribution in [-0.4, -0.2) is 11.2 Å². The van der Waals surface area contributed by atoms with Crippen LogP contribution in [0.1, 0.15) is 19.4 Å². The van der Waals surface area contributed by atoms with Crippen LogP contribution in [0.3, 0.4) is 0 Å². The molecule has 1 rings (SSSR count). The average Bonchev–Trinajstić information content (AvgIpc) is 2.29. The molecule has 0 aromatic heterocycles. The zero-order valence-corrected chi connectivity index (χ0v) is 9.71. The Morgan fingerprint density at radius 1 is 1.18 bits per heavy atom. The lowest BCUT2D eigenvalue weighted by Crippen LogP contribution is -1.86. The SMILES string of the molecule is C/C(C=O)=C\C(C)=C\c1ccc([N+](=O)[O-])cc1. The van der Waals surface area contributed by atoms with Crippen molar-refractivity contribution in [3.8, 4) is 0 Å². The standard InChI is InChI=1S/C13H13NO3/c1-10(7-11(2)9-15)8-12-3-5-13(6-4-12)14(16)17/h3-9H,1-2H3/b10-8+,11-7+. The fraction of sp³-hybridized carbons (Fsp3) is 0.154. The van der Waals surface area contributed by atoms with E-state index in [9.17, 15) is 14.9 Å². The topological polar surface area (TPSA) is 60.2 Å². The summed E-state index contributed by atoms with van der Waals surface area (Å²) in [6, 6.07) is 6.25. The van der Waals surface area contributed by atoms with Crippen molar-refractivity contribution in [2.24, 2.45) is 0 Å². The fourth-order valence-electron chi connectivity index (χ4n) is 1.39. The molecule has 0 aliphatic rings. The molecule has 1 aromatic rings. The first-order chi connectivity index (χ1) is 8.02. The van der Waals surface area contributed by atoms with E-state index in [-0.39, 0.29) is 5.69 Å². The van der Waals surface area contributed by atoms with Gasteiger partial charge in [0.1, 0.15) is 6.29 Å². The lowest BCUT2D eigenvalue weighted by atomic mass is 10.1. The van der Waals surface area contributed by atoms with Crippen LogP contribution in [0.5, 0.6) is 0 Å². The van der Waals surface area contributed by atoms with Gasteiger partial charge in [-0.1, -0.05) is 17.7 Å². The summed E-state index contributed by atoms with van der Waals surface area (Å²) in [7, 11) is 0. The lowest BCUT2D eigenvalue weighted by molar-refractivity contribution is -0.384. The lowest BCUT2D eigenvalue weighted by Gasteiger charge is -1.96. The van der Waals surface area contributed by atoms with Gasteiger partial charge in [-0.25, -0.2) is 0 Å². The van der Waals surface area contributed by atoms with E-state index in [0.29, 0.717) is 5.57 Å². The molecule has 0 unspecified atom stereocenters. The number of nitro benzene ring substituents is 1. The van der Waals surface area contributed by atoms with Crippen LogP contribution in [-0.2, 0) is 4.79 Å². The van der Waals surface area contributed by atoms with Crippen molar-refractivity contribution in [2.75, 3.05) is 0 Å². The molecule has 0 spiro atoms. The highest BCUT2D eigenvalue weighted by atomic mass is 16.6. The third-order valence-electron chi connectivity index (χ3n) is 2.14. The zero-order chi connectivity index (χ0) is 12.8. The molecule has 0 amide bonds. The Hall–Kier alpha value is -2.23. The van der Waals surface area contributed by atoms with Crippen molar-refractivity contribution in [3.63, 3.8) is 0 Å². The van der Waals surface area contributed by atoms with Crippen LogP contribution in [0.4, 0.5) is 5.69 Å². The van der Waals surface area contributed by atoms with Gasteiger partial charge in [0.2, 0.25) is 0 Å². The predicted octanol–water partition coefficient (Wildman–Crippen LogP) is 3.14. The normalized spacial score (nSPS) is 12.4. The number of nitrogens with zero attached hydrogens (tertiary/aromatic N) is 1. The molecule has 0 aliphatic heterocycles. The minimum absolute atomic E-state index is 0.0689. The molecular weight excluding hydrogens is 218 g/mol. The summed E-state index contributed by atoms with van der Waals surface area (Å²) < 4.78 is 0. The summed E-state index contributed by atoms with van der Waals surface area (Å²) in [5, 5.41) is 10.5. The van der Waals surface area contributed by atoms with E-state index in [1.54, 1.807) is 25.1 Å². The largest absolute Gasteiger partial charge is 0.298 e. The second-order valence-electron chi connectivity index (χ2n) is 3.74. The molecule has 0 N–H and O–H groups in total.